The minimum Gasteiger partial charge on any atom is -0.497 e. The molecule has 0 spiro atoms. The summed E-state index contributed by atoms with van der Waals surface area (Å²) in [5.74, 6) is 1.51. The Hall–Kier alpha value is -1.78. The van der Waals surface area contributed by atoms with Crippen LogP contribution in [0.1, 0.15) is 30.3 Å². The Balaban J connectivity index is 2.14. The number of nitrogens with zero attached hydrogens (tertiary/aromatic N) is 2. The van der Waals surface area contributed by atoms with Gasteiger partial charge in [-0.25, -0.2) is 9.97 Å². The Morgan fingerprint density at radius 3 is 2.80 bits per heavy atom. The van der Waals surface area contributed by atoms with E-state index in [1.165, 1.54) is 11.8 Å². The summed E-state index contributed by atoms with van der Waals surface area (Å²) in [6.07, 6.45) is 4.99. The van der Waals surface area contributed by atoms with Crippen LogP contribution in [-0.2, 0) is 4.79 Å². The highest BCUT2D eigenvalue weighted by molar-refractivity contribution is 9.10. The second kappa shape index (κ2) is 12.8. The molecule has 2 N–H and O–H groups in total. The van der Waals surface area contributed by atoms with Crippen molar-refractivity contribution in [2.24, 2.45) is 0 Å². The molecule has 1 aromatic heterocycles. The smallest absolute Gasteiger partial charge is 0.271 e. The first-order valence-corrected chi connectivity index (χ1v) is 12.6. The van der Waals surface area contributed by atoms with E-state index in [4.69, 9.17) is 4.74 Å². The van der Waals surface area contributed by atoms with Crippen LogP contribution in [0.5, 0.6) is 5.75 Å². The van der Waals surface area contributed by atoms with Crippen molar-refractivity contribution in [2.45, 2.75) is 31.0 Å². The fourth-order valence-corrected chi connectivity index (χ4v) is 3.95. The molecule has 1 heterocycles. The number of carbonyl (C=O) groups excluding carboxylic acids is 2. The molecular weight excluding hydrogens is 488 g/mol. The Bertz CT molecular complexity index is 870. The van der Waals surface area contributed by atoms with Gasteiger partial charge >= 0.3 is 0 Å². The highest BCUT2D eigenvalue weighted by atomic mass is 79.9. The summed E-state index contributed by atoms with van der Waals surface area (Å²) < 4.78 is 5.67. The number of carbonyl (C=O) groups is 2. The number of methoxy groups -OCH3 is 1. The number of ether oxygens (including phenoxy) is 1. The number of hydrogen-bond acceptors (Lipinski definition) is 7. The lowest BCUT2D eigenvalue weighted by Crippen LogP contribution is -2.44. The first-order valence-electron chi connectivity index (χ1n) is 9.38. The van der Waals surface area contributed by atoms with E-state index in [0.717, 1.165) is 17.9 Å². The van der Waals surface area contributed by atoms with E-state index < -0.39 is 11.9 Å². The first kappa shape index (κ1) is 24.5. The molecule has 2 rings (SSSR count). The highest BCUT2D eigenvalue weighted by Crippen LogP contribution is 2.20. The van der Waals surface area contributed by atoms with Gasteiger partial charge in [0.2, 0.25) is 5.91 Å². The molecule has 0 bridgehead atoms. The molecule has 0 aliphatic rings. The maximum atomic E-state index is 12.9. The van der Waals surface area contributed by atoms with Gasteiger partial charge in [0.25, 0.3) is 5.91 Å². The van der Waals surface area contributed by atoms with Gasteiger partial charge in [0.15, 0.2) is 5.16 Å². The molecule has 2 amide bonds. The third-order valence-corrected chi connectivity index (χ3v) is 6.23. The van der Waals surface area contributed by atoms with Crippen LogP contribution in [0, 0.1) is 0 Å². The van der Waals surface area contributed by atoms with Crippen LogP contribution in [0.2, 0.25) is 0 Å². The molecule has 2 aromatic rings. The van der Waals surface area contributed by atoms with Crippen LogP contribution in [0.25, 0.3) is 0 Å². The minimum absolute atomic E-state index is 0.215. The van der Waals surface area contributed by atoms with Crippen molar-refractivity contribution in [3.63, 3.8) is 0 Å². The topological polar surface area (TPSA) is 93.2 Å². The lowest BCUT2D eigenvalue weighted by Gasteiger charge is -2.18. The molecule has 30 heavy (non-hydrogen) atoms. The zero-order valence-electron chi connectivity index (χ0n) is 17.1. The molecule has 0 radical (unpaired) electrons. The lowest BCUT2D eigenvalue weighted by molar-refractivity contribution is -0.118. The Morgan fingerprint density at radius 2 is 2.10 bits per heavy atom. The van der Waals surface area contributed by atoms with Crippen LogP contribution < -0.4 is 15.4 Å². The van der Waals surface area contributed by atoms with Gasteiger partial charge in [-0.2, -0.15) is 11.8 Å². The molecule has 0 saturated carbocycles. The molecule has 10 heteroatoms. The number of rotatable bonds is 11. The number of aromatic nitrogens is 2. The molecule has 0 saturated heterocycles. The number of amides is 2. The average molecular weight is 513 g/mol. The number of nitrogens with one attached hydrogen (secondary N) is 2. The monoisotopic (exact) mass is 512 g/mol. The van der Waals surface area contributed by atoms with Crippen molar-refractivity contribution in [3.05, 3.63) is 40.6 Å². The zero-order valence-corrected chi connectivity index (χ0v) is 20.3. The first-order chi connectivity index (χ1) is 14.5. The quantitative estimate of drug-likeness (QED) is 0.343. The highest BCUT2D eigenvalue weighted by Gasteiger charge is 2.24. The van der Waals surface area contributed by atoms with Crippen LogP contribution >= 0.6 is 39.5 Å². The molecular formula is C20H25BrN4O3S2. The summed E-state index contributed by atoms with van der Waals surface area (Å²) in [4.78, 5) is 34.3. The van der Waals surface area contributed by atoms with E-state index in [0.29, 0.717) is 27.5 Å². The standard InChI is InChI=1S/C20H25BrN4O3S2/c1-4-9-30-20-22-12-15(21)17(25-20)19(27)24-16(8-10-29-3)18(26)23-13-6-5-7-14(11-13)28-2/h5-7,11-12,16H,4,8-10H2,1-3H3,(H,23,26)(H,24,27)/t16-/m0/s1. The normalized spacial score (nSPS) is 11.6. The van der Waals surface area contributed by atoms with Crippen molar-refractivity contribution in [1.82, 2.24) is 15.3 Å². The van der Waals surface area contributed by atoms with Crippen molar-refractivity contribution in [1.29, 1.82) is 0 Å². The van der Waals surface area contributed by atoms with Crippen molar-refractivity contribution in [3.8, 4) is 5.75 Å². The van der Waals surface area contributed by atoms with Gasteiger partial charge in [0.1, 0.15) is 17.5 Å². The van der Waals surface area contributed by atoms with Crippen LogP contribution in [0.15, 0.2) is 40.1 Å². The number of hydrogen-bond donors (Lipinski definition) is 2. The lowest BCUT2D eigenvalue weighted by atomic mass is 10.2. The van der Waals surface area contributed by atoms with E-state index >= 15 is 0 Å². The molecule has 0 unspecified atom stereocenters. The van der Waals surface area contributed by atoms with Gasteiger partial charge in [-0.1, -0.05) is 24.8 Å². The van der Waals surface area contributed by atoms with Crippen molar-refractivity contribution in [2.75, 3.05) is 30.2 Å². The average Bonchev–Trinajstić information content (AvgIpc) is 2.75. The van der Waals surface area contributed by atoms with Gasteiger partial charge in [-0.15, -0.1) is 0 Å². The summed E-state index contributed by atoms with van der Waals surface area (Å²) >= 11 is 6.43. The van der Waals surface area contributed by atoms with E-state index in [2.05, 4.69) is 43.5 Å². The predicted octanol–water partition coefficient (Wildman–Crippen LogP) is 4.24. The van der Waals surface area contributed by atoms with Crippen molar-refractivity contribution < 1.29 is 14.3 Å². The van der Waals surface area contributed by atoms with E-state index in [1.54, 1.807) is 49.3 Å². The Labute approximate surface area is 193 Å². The van der Waals surface area contributed by atoms with Gasteiger partial charge < -0.3 is 15.4 Å². The summed E-state index contributed by atoms with van der Waals surface area (Å²) in [6, 6.07) is 6.38. The molecule has 162 valence electrons. The molecule has 0 aliphatic heterocycles. The molecule has 1 aromatic carbocycles. The van der Waals surface area contributed by atoms with Gasteiger partial charge in [-0.05, 0) is 52.9 Å². The fraction of sp³-hybridized carbons (Fsp3) is 0.400. The maximum absolute atomic E-state index is 12.9. The van der Waals surface area contributed by atoms with E-state index in [1.807, 2.05) is 6.26 Å². The van der Waals surface area contributed by atoms with Crippen LogP contribution in [0.3, 0.4) is 0 Å². The van der Waals surface area contributed by atoms with Crippen LogP contribution in [-0.4, -0.2) is 52.7 Å². The van der Waals surface area contributed by atoms with E-state index in [-0.39, 0.29) is 11.6 Å². The molecule has 0 aliphatic carbocycles. The molecule has 0 fully saturated rings. The van der Waals surface area contributed by atoms with Gasteiger partial charge in [0.05, 0.1) is 11.6 Å². The van der Waals surface area contributed by atoms with E-state index in [9.17, 15) is 9.59 Å². The Morgan fingerprint density at radius 1 is 1.30 bits per heavy atom. The van der Waals surface area contributed by atoms with Gasteiger partial charge in [0, 0.05) is 23.7 Å². The summed E-state index contributed by atoms with van der Waals surface area (Å²) in [6.45, 7) is 2.07. The summed E-state index contributed by atoms with van der Waals surface area (Å²) in [5.41, 5.74) is 0.816. The number of thioether (sulfide) groups is 2. The number of anilines is 1. The SMILES string of the molecule is CCCSc1ncc(Br)c(C(=O)N[C@@H](CCSC)C(=O)Nc2cccc(OC)c2)n1. The summed E-state index contributed by atoms with van der Waals surface area (Å²) in [5, 5.41) is 6.19. The molecule has 1 atom stereocenters. The predicted molar refractivity (Wildman–Crippen MR) is 127 cm³/mol. The number of halogens is 1. The van der Waals surface area contributed by atoms with Crippen LogP contribution in [0.4, 0.5) is 5.69 Å². The Kier molecular flexibility index (Phi) is 10.5. The third-order valence-electron chi connectivity index (χ3n) is 3.94. The second-order valence-electron chi connectivity index (χ2n) is 6.23. The zero-order chi connectivity index (χ0) is 21.9. The fourth-order valence-electron chi connectivity index (χ4n) is 2.43. The van der Waals surface area contributed by atoms with Gasteiger partial charge in [-0.3, -0.25) is 9.59 Å². The molecule has 7 nitrogen and oxygen atoms in total. The summed E-state index contributed by atoms with van der Waals surface area (Å²) in [7, 11) is 1.56. The van der Waals surface area contributed by atoms with Crippen molar-refractivity contribution >= 4 is 57.0 Å². The minimum atomic E-state index is -0.704. The third kappa shape index (κ3) is 7.48. The largest absolute Gasteiger partial charge is 0.497 e. The second-order valence-corrected chi connectivity index (χ2v) is 9.13. The number of benzene rings is 1. The maximum Gasteiger partial charge on any atom is 0.271 e.